The number of benzene rings is 2. The molecule has 150 valence electrons. The van der Waals surface area contributed by atoms with Crippen molar-refractivity contribution in [3.63, 3.8) is 0 Å². The van der Waals surface area contributed by atoms with Crippen molar-refractivity contribution in [2.75, 3.05) is 62.3 Å². The number of fused-ring (bicyclic) bond motifs is 1. The van der Waals surface area contributed by atoms with Crippen LogP contribution in [0.1, 0.15) is 5.56 Å². The quantitative estimate of drug-likeness (QED) is 0.684. The van der Waals surface area contributed by atoms with E-state index in [-0.39, 0.29) is 0 Å². The SMILES string of the molecule is c1ccc2cc(CN3CCN(c4ccc(N5CCOCC5)nn4)CC3)ccc2c1. The van der Waals surface area contributed by atoms with Crippen molar-refractivity contribution < 1.29 is 4.74 Å². The molecule has 0 bridgehead atoms. The number of anilines is 2. The number of hydrogen-bond acceptors (Lipinski definition) is 6. The summed E-state index contributed by atoms with van der Waals surface area (Å²) in [7, 11) is 0. The van der Waals surface area contributed by atoms with Crippen molar-refractivity contribution in [3.05, 3.63) is 60.2 Å². The van der Waals surface area contributed by atoms with Gasteiger partial charge in [0, 0.05) is 45.8 Å². The van der Waals surface area contributed by atoms with E-state index < -0.39 is 0 Å². The number of ether oxygens (including phenoxy) is 1. The van der Waals surface area contributed by atoms with Crippen LogP contribution in [0.3, 0.4) is 0 Å². The van der Waals surface area contributed by atoms with E-state index in [2.05, 4.69) is 79.5 Å². The summed E-state index contributed by atoms with van der Waals surface area (Å²) in [6.45, 7) is 8.37. The van der Waals surface area contributed by atoms with E-state index in [0.717, 1.165) is 70.7 Å². The number of nitrogens with zero attached hydrogens (tertiary/aromatic N) is 5. The van der Waals surface area contributed by atoms with Gasteiger partial charge in [-0.3, -0.25) is 4.90 Å². The maximum atomic E-state index is 5.41. The second kappa shape index (κ2) is 8.35. The van der Waals surface area contributed by atoms with Crippen LogP contribution in [0.4, 0.5) is 11.6 Å². The average molecular weight is 390 g/mol. The van der Waals surface area contributed by atoms with Gasteiger partial charge in [-0.25, -0.2) is 0 Å². The zero-order valence-electron chi connectivity index (χ0n) is 16.7. The van der Waals surface area contributed by atoms with Gasteiger partial charge in [0.1, 0.15) is 0 Å². The number of piperazine rings is 1. The summed E-state index contributed by atoms with van der Waals surface area (Å²) >= 11 is 0. The van der Waals surface area contributed by atoms with Gasteiger partial charge >= 0.3 is 0 Å². The fraction of sp³-hybridized carbons (Fsp3) is 0.391. The van der Waals surface area contributed by atoms with Crippen LogP contribution in [0.2, 0.25) is 0 Å². The molecule has 2 aliphatic rings. The molecule has 3 heterocycles. The van der Waals surface area contributed by atoms with Crippen LogP contribution in [0.15, 0.2) is 54.6 Å². The highest BCUT2D eigenvalue weighted by Gasteiger charge is 2.19. The van der Waals surface area contributed by atoms with Crippen LogP contribution in [0.5, 0.6) is 0 Å². The zero-order chi connectivity index (χ0) is 19.5. The molecule has 1 aromatic heterocycles. The first-order valence-electron chi connectivity index (χ1n) is 10.5. The number of morpholine rings is 1. The molecule has 2 aromatic carbocycles. The number of rotatable bonds is 4. The molecule has 0 saturated carbocycles. The summed E-state index contributed by atoms with van der Waals surface area (Å²) in [4.78, 5) is 7.10. The molecule has 6 heteroatoms. The van der Waals surface area contributed by atoms with Crippen LogP contribution < -0.4 is 9.80 Å². The molecule has 2 fully saturated rings. The van der Waals surface area contributed by atoms with E-state index >= 15 is 0 Å². The minimum absolute atomic E-state index is 0.766. The van der Waals surface area contributed by atoms with Crippen molar-refractivity contribution in [1.29, 1.82) is 0 Å². The van der Waals surface area contributed by atoms with Crippen molar-refractivity contribution >= 4 is 22.4 Å². The highest BCUT2D eigenvalue weighted by molar-refractivity contribution is 5.82. The summed E-state index contributed by atoms with van der Waals surface area (Å²) in [5.41, 5.74) is 1.38. The lowest BCUT2D eigenvalue weighted by molar-refractivity contribution is 0.122. The Morgan fingerprint density at radius 2 is 1.34 bits per heavy atom. The third-order valence-corrected chi connectivity index (χ3v) is 5.89. The van der Waals surface area contributed by atoms with Crippen LogP contribution in [0, 0.1) is 0 Å². The van der Waals surface area contributed by atoms with E-state index in [1.54, 1.807) is 0 Å². The molecule has 0 atom stereocenters. The molecule has 0 spiro atoms. The first-order valence-corrected chi connectivity index (χ1v) is 10.5. The first-order chi connectivity index (χ1) is 14.3. The Morgan fingerprint density at radius 1 is 0.690 bits per heavy atom. The molecular weight excluding hydrogens is 362 g/mol. The Labute approximate surface area is 171 Å². The van der Waals surface area contributed by atoms with Crippen LogP contribution >= 0.6 is 0 Å². The minimum Gasteiger partial charge on any atom is -0.378 e. The van der Waals surface area contributed by atoms with Crippen LogP contribution in [-0.2, 0) is 11.3 Å². The normalized spacial score (nSPS) is 18.3. The predicted octanol–water partition coefficient (Wildman–Crippen LogP) is 2.79. The summed E-state index contributed by atoms with van der Waals surface area (Å²) < 4.78 is 5.41. The lowest BCUT2D eigenvalue weighted by Gasteiger charge is -2.35. The monoisotopic (exact) mass is 389 g/mol. The van der Waals surface area contributed by atoms with Gasteiger partial charge in [-0.2, -0.15) is 0 Å². The smallest absolute Gasteiger partial charge is 0.151 e. The van der Waals surface area contributed by atoms with Gasteiger partial charge in [0.15, 0.2) is 11.6 Å². The lowest BCUT2D eigenvalue weighted by Crippen LogP contribution is -2.46. The van der Waals surface area contributed by atoms with E-state index in [1.165, 1.54) is 16.3 Å². The van der Waals surface area contributed by atoms with Crippen molar-refractivity contribution in [1.82, 2.24) is 15.1 Å². The molecule has 0 radical (unpaired) electrons. The molecule has 2 saturated heterocycles. The Balaban J connectivity index is 1.17. The number of hydrogen-bond donors (Lipinski definition) is 0. The average Bonchev–Trinajstić information content (AvgIpc) is 2.80. The highest BCUT2D eigenvalue weighted by atomic mass is 16.5. The topological polar surface area (TPSA) is 44.7 Å². The third kappa shape index (κ3) is 4.18. The molecule has 0 N–H and O–H groups in total. The van der Waals surface area contributed by atoms with Gasteiger partial charge < -0.3 is 14.5 Å². The third-order valence-electron chi connectivity index (χ3n) is 5.89. The fourth-order valence-electron chi connectivity index (χ4n) is 4.18. The Kier molecular flexibility index (Phi) is 5.28. The maximum Gasteiger partial charge on any atom is 0.151 e. The van der Waals surface area contributed by atoms with Crippen LogP contribution in [-0.4, -0.2) is 67.6 Å². The van der Waals surface area contributed by atoms with Crippen LogP contribution in [0.25, 0.3) is 10.8 Å². The molecule has 6 nitrogen and oxygen atoms in total. The van der Waals surface area contributed by atoms with E-state index in [9.17, 15) is 0 Å². The Morgan fingerprint density at radius 3 is 2.03 bits per heavy atom. The van der Waals surface area contributed by atoms with Gasteiger partial charge in [0.05, 0.1) is 13.2 Å². The molecule has 0 amide bonds. The van der Waals surface area contributed by atoms with Gasteiger partial charge in [0.25, 0.3) is 0 Å². The zero-order valence-corrected chi connectivity index (χ0v) is 16.7. The second-order valence-corrected chi connectivity index (χ2v) is 7.79. The van der Waals surface area contributed by atoms with Gasteiger partial charge in [-0.15, -0.1) is 10.2 Å². The lowest BCUT2D eigenvalue weighted by atomic mass is 10.1. The molecule has 3 aromatic rings. The first kappa shape index (κ1) is 18.3. The van der Waals surface area contributed by atoms with E-state index in [0.29, 0.717) is 0 Å². The summed E-state index contributed by atoms with van der Waals surface area (Å²) in [5, 5.41) is 11.6. The van der Waals surface area contributed by atoms with Gasteiger partial charge in [-0.1, -0.05) is 36.4 Å². The molecular formula is C23H27N5O. The molecule has 0 unspecified atom stereocenters. The highest BCUT2D eigenvalue weighted by Crippen LogP contribution is 2.20. The summed E-state index contributed by atoms with van der Waals surface area (Å²) in [6, 6.07) is 19.6. The predicted molar refractivity (Wildman–Crippen MR) is 117 cm³/mol. The fourth-order valence-corrected chi connectivity index (χ4v) is 4.18. The van der Waals surface area contributed by atoms with Gasteiger partial charge in [-0.05, 0) is 34.5 Å². The second-order valence-electron chi connectivity index (χ2n) is 7.79. The summed E-state index contributed by atoms with van der Waals surface area (Å²) in [6.07, 6.45) is 0. The Bertz CT molecular complexity index is 947. The van der Waals surface area contributed by atoms with Crippen molar-refractivity contribution in [2.24, 2.45) is 0 Å². The van der Waals surface area contributed by atoms with Gasteiger partial charge in [0.2, 0.25) is 0 Å². The van der Waals surface area contributed by atoms with Crippen molar-refractivity contribution in [2.45, 2.75) is 6.54 Å². The standard InChI is InChI=1S/C23H27N5O/c1-2-4-21-17-19(5-6-20(21)3-1)18-26-9-11-27(12-10-26)22-7-8-23(25-24-22)28-13-15-29-16-14-28/h1-8,17H,9-16,18H2. The molecule has 29 heavy (non-hydrogen) atoms. The molecule has 5 rings (SSSR count). The minimum atomic E-state index is 0.766. The largest absolute Gasteiger partial charge is 0.378 e. The van der Waals surface area contributed by atoms with E-state index in [1.807, 2.05) is 0 Å². The van der Waals surface area contributed by atoms with Crippen molar-refractivity contribution in [3.8, 4) is 0 Å². The molecule has 0 aliphatic carbocycles. The molecule has 2 aliphatic heterocycles. The maximum absolute atomic E-state index is 5.41. The number of aromatic nitrogens is 2. The summed E-state index contributed by atoms with van der Waals surface area (Å²) in [5.74, 6) is 1.93. The van der Waals surface area contributed by atoms with E-state index in [4.69, 9.17) is 4.74 Å². The Hall–Kier alpha value is -2.70.